The van der Waals surface area contributed by atoms with Gasteiger partial charge >= 0.3 is 5.97 Å². The van der Waals surface area contributed by atoms with E-state index in [0.717, 1.165) is 5.56 Å². The number of carboxylic acids is 1. The first-order chi connectivity index (χ1) is 15.0. The van der Waals surface area contributed by atoms with Crippen LogP contribution in [0.1, 0.15) is 28.9 Å². The number of hydrogen-bond acceptors (Lipinski definition) is 5. The Hall–Kier alpha value is -3.78. The maximum absolute atomic E-state index is 12.9. The second-order valence-corrected chi connectivity index (χ2v) is 7.18. The lowest BCUT2D eigenvalue weighted by Crippen LogP contribution is -2.26. The summed E-state index contributed by atoms with van der Waals surface area (Å²) in [5.41, 5.74) is 1.45. The molecule has 0 saturated carbocycles. The van der Waals surface area contributed by atoms with Crippen molar-refractivity contribution in [2.45, 2.75) is 13.0 Å². The number of halogens is 1. The standard InChI is InChI=1S/C22H19ClN4O4/c1-2-31-19-6-4-3-5-15(19)18-11-17(22(29)30)26-20-16(12-24-27(18)20)21(28)25-14-9-7-13(23)8-10-14/h3-12,18,26H,2H2,1H3,(H,25,28)(H,29,30)/t18-/m0/s1. The molecular weight excluding hydrogens is 420 g/mol. The summed E-state index contributed by atoms with van der Waals surface area (Å²) >= 11 is 5.89. The van der Waals surface area contributed by atoms with Crippen LogP contribution in [-0.4, -0.2) is 33.4 Å². The van der Waals surface area contributed by atoms with E-state index in [4.69, 9.17) is 16.3 Å². The summed E-state index contributed by atoms with van der Waals surface area (Å²) in [4.78, 5) is 24.7. The van der Waals surface area contributed by atoms with Gasteiger partial charge in [-0.3, -0.25) is 4.79 Å². The summed E-state index contributed by atoms with van der Waals surface area (Å²) in [6, 6.07) is 13.4. The van der Waals surface area contributed by atoms with Gasteiger partial charge in [-0.1, -0.05) is 29.8 Å². The van der Waals surface area contributed by atoms with Crippen molar-refractivity contribution in [2.75, 3.05) is 17.2 Å². The summed E-state index contributed by atoms with van der Waals surface area (Å²) in [5.74, 6) is -0.677. The number of para-hydroxylation sites is 1. The van der Waals surface area contributed by atoms with Gasteiger partial charge in [0.1, 0.15) is 28.9 Å². The van der Waals surface area contributed by atoms with Crippen molar-refractivity contribution in [2.24, 2.45) is 0 Å². The number of aromatic nitrogens is 2. The molecule has 0 radical (unpaired) electrons. The lowest BCUT2D eigenvalue weighted by molar-refractivity contribution is -0.132. The average Bonchev–Trinajstić information content (AvgIpc) is 3.19. The molecule has 8 nitrogen and oxygen atoms in total. The minimum Gasteiger partial charge on any atom is -0.494 e. The Kier molecular flexibility index (Phi) is 5.64. The number of aliphatic carboxylic acids is 1. The van der Waals surface area contributed by atoms with E-state index < -0.39 is 17.9 Å². The number of hydrogen-bond donors (Lipinski definition) is 3. The molecule has 1 amide bonds. The maximum Gasteiger partial charge on any atom is 0.352 e. The van der Waals surface area contributed by atoms with E-state index in [-0.39, 0.29) is 17.1 Å². The van der Waals surface area contributed by atoms with Crippen LogP contribution in [0.3, 0.4) is 0 Å². The van der Waals surface area contributed by atoms with Gasteiger partial charge in [-0.25, -0.2) is 9.48 Å². The Morgan fingerprint density at radius 1 is 1.23 bits per heavy atom. The summed E-state index contributed by atoms with van der Waals surface area (Å²) in [6.07, 6.45) is 2.95. The topological polar surface area (TPSA) is 105 Å². The van der Waals surface area contributed by atoms with Crippen molar-refractivity contribution in [3.05, 3.63) is 82.7 Å². The Labute approximate surface area is 183 Å². The molecule has 9 heteroatoms. The normalized spacial score (nSPS) is 14.8. The first-order valence-corrected chi connectivity index (χ1v) is 9.94. The second kappa shape index (κ2) is 8.53. The largest absolute Gasteiger partial charge is 0.494 e. The van der Waals surface area contributed by atoms with Crippen molar-refractivity contribution < 1.29 is 19.4 Å². The predicted octanol–water partition coefficient (Wildman–Crippen LogP) is 4.17. The van der Waals surface area contributed by atoms with E-state index in [1.54, 1.807) is 35.0 Å². The molecular formula is C22H19ClN4O4. The monoisotopic (exact) mass is 438 g/mol. The number of nitrogens with one attached hydrogen (secondary N) is 2. The lowest BCUT2D eigenvalue weighted by Gasteiger charge is -2.25. The van der Waals surface area contributed by atoms with Crippen LogP contribution >= 0.6 is 11.6 Å². The number of anilines is 2. The number of nitrogens with zero attached hydrogens (tertiary/aromatic N) is 2. The molecule has 0 aliphatic carbocycles. The fourth-order valence-corrected chi connectivity index (χ4v) is 3.48. The van der Waals surface area contributed by atoms with Crippen LogP contribution in [0, 0.1) is 0 Å². The van der Waals surface area contributed by atoms with Crippen LogP contribution in [0.5, 0.6) is 5.75 Å². The van der Waals surface area contributed by atoms with Crippen LogP contribution in [0.15, 0.2) is 66.5 Å². The molecule has 1 aliphatic rings. The number of fused-ring (bicyclic) bond motifs is 1. The highest BCUT2D eigenvalue weighted by Crippen LogP contribution is 2.36. The third-order valence-corrected chi connectivity index (χ3v) is 5.00. The number of carbonyl (C=O) groups is 2. The van der Waals surface area contributed by atoms with Gasteiger partial charge in [0.25, 0.3) is 5.91 Å². The summed E-state index contributed by atoms with van der Waals surface area (Å²) in [5, 5.41) is 20.1. The predicted molar refractivity (Wildman–Crippen MR) is 117 cm³/mol. The molecule has 31 heavy (non-hydrogen) atoms. The minimum absolute atomic E-state index is 0.0511. The highest BCUT2D eigenvalue weighted by Gasteiger charge is 2.30. The molecule has 1 aromatic heterocycles. The van der Waals surface area contributed by atoms with Crippen LogP contribution in [0.2, 0.25) is 5.02 Å². The molecule has 1 atom stereocenters. The van der Waals surface area contributed by atoms with Crippen molar-refractivity contribution in [3.63, 3.8) is 0 Å². The number of carbonyl (C=O) groups excluding carboxylic acids is 1. The highest BCUT2D eigenvalue weighted by molar-refractivity contribution is 6.30. The van der Waals surface area contributed by atoms with Crippen LogP contribution < -0.4 is 15.4 Å². The zero-order valence-electron chi connectivity index (χ0n) is 16.5. The Morgan fingerprint density at radius 3 is 2.68 bits per heavy atom. The Morgan fingerprint density at radius 2 is 1.97 bits per heavy atom. The molecule has 3 aromatic rings. The van der Waals surface area contributed by atoms with Crippen LogP contribution in [-0.2, 0) is 4.79 Å². The molecule has 0 fully saturated rings. The number of carboxylic acid groups (broad SMARTS) is 1. The highest BCUT2D eigenvalue weighted by atomic mass is 35.5. The molecule has 3 N–H and O–H groups in total. The number of ether oxygens (including phenoxy) is 1. The van der Waals surface area contributed by atoms with Crippen molar-refractivity contribution in [3.8, 4) is 5.75 Å². The van der Waals surface area contributed by atoms with Gasteiger partial charge in [0, 0.05) is 16.3 Å². The quantitative estimate of drug-likeness (QED) is 0.533. The molecule has 0 saturated heterocycles. The van der Waals surface area contributed by atoms with Crippen molar-refractivity contribution >= 4 is 35.0 Å². The number of rotatable bonds is 6. The van der Waals surface area contributed by atoms with Crippen molar-refractivity contribution in [1.29, 1.82) is 0 Å². The van der Waals surface area contributed by atoms with E-state index in [1.807, 2.05) is 31.2 Å². The van der Waals surface area contributed by atoms with Crippen molar-refractivity contribution in [1.82, 2.24) is 9.78 Å². The molecule has 2 aromatic carbocycles. The third-order valence-electron chi connectivity index (χ3n) is 4.75. The van der Waals surface area contributed by atoms with Gasteiger partial charge in [-0.15, -0.1) is 0 Å². The first-order valence-electron chi connectivity index (χ1n) is 9.56. The van der Waals surface area contributed by atoms with Crippen LogP contribution in [0.25, 0.3) is 0 Å². The van der Waals surface area contributed by atoms with Crippen LogP contribution in [0.4, 0.5) is 11.5 Å². The maximum atomic E-state index is 12.9. The molecule has 0 bridgehead atoms. The van der Waals surface area contributed by atoms with E-state index in [2.05, 4.69) is 15.7 Å². The van der Waals surface area contributed by atoms with Gasteiger partial charge in [-0.2, -0.15) is 5.10 Å². The summed E-state index contributed by atoms with van der Waals surface area (Å²) in [6.45, 7) is 2.33. The third kappa shape index (κ3) is 4.10. The Bertz CT molecular complexity index is 1170. The van der Waals surface area contributed by atoms with E-state index in [0.29, 0.717) is 23.1 Å². The lowest BCUT2D eigenvalue weighted by atomic mass is 10.0. The van der Waals surface area contributed by atoms with Gasteiger partial charge in [0.15, 0.2) is 0 Å². The first kappa shape index (κ1) is 20.5. The summed E-state index contributed by atoms with van der Waals surface area (Å²) in [7, 11) is 0. The van der Waals surface area contributed by atoms with E-state index >= 15 is 0 Å². The number of benzene rings is 2. The minimum atomic E-state index is -1.14. The molecule has 0 unspecified atom stereocenters. The molecule has 4 rings (SSSR count). The van der Waals surface area contributed by atoms with Gasteiger partial charge in [0.05, 0.1) is 12.8 Å². The van der Waals surface area contributed by atoms with Gasteiger partial charge in [-0.05, 0) is 43.3 Å². The Balaban J connectivity index is 1.73. The number of amides is 1. The molecule has 2 heterocycles. The fraction of sp³-hybridized carbons (Fsp3) is 0.136. The average molecular weight is 439 g/mol. The zero-order chi connectivity index (χ0) is 22.0. The SMILES string of the molecule is CCOc1ccccc1[C@@H]1C=C(C(=O)O)Nc2c(C(=O)Nc3ccc(Cl)cc3)cnn21. The van der Waals surface area contributed by atoms with E-state index in [1.165, 1.54) is 6.20 Å². The second-order valence-electron chi connectivity index (χ2n) is 6.74. The number of allylic oxidation sites excluding steroid dienone is 1. The zero-order valence-corrected chi connectivity index (χ0v) is 17.3. The summed E-state index contributed by atoms with van der Waals surface area (Å²) < 4.78 is 7.29. The van der Waals surface area contributed by atoms with E-state index in [9.17, 15) is 14.7 Å². The molecule has 158 valence electrons. The van der Waals surface area contributed by atoms with Gasteiger partial charge in [0.2, 0.25) is 0 Å². The van der Waals surface area contributed by atoms with Gasteiger partial charge < -0.3 is 20.5 Å². The fourth-order valence-electron chi connectivity index (χ4n) is 3.35. The molecule has 1 aliphatic heterocycles. The smallest absolute Gasteiger partial charge is 0.352 e. The molecule has 0 spiro atoms.